The Balaban J connectivity index is 2.01. The quantitative estimate of drug-likeness (QED) is 0.366. The third kappa shape index (κ3) is 2.74. The van der Waals surface area contributed by atoms with Gasteiger partial charge >= 0.3 is 5.97 Å². The Morgan fingerprint density at radius 2 is 1.84 bits per heavy atom. The molecule has 0 spiro atoms. The molecule has 1 heterocycles. The van der Waals surface area contributed by atoms with Crippen molar-refractivity contribution in [2.75, 3.05) is 11.5 Å². The normalized spacial score (nSPS) is 12.9. The summed E-state index contributed by atoms with van der Waals surface area (Å²) < 4.78 is 4.88. The molecule has 2 aromatic carbocycles. The number of nitro groups is 1. The van der Waals surface area contributed by atoms with Crippen LogP contribution in [0.25, 0.3) is 0 Å². The maximum atomic E-state index is 12.6. The lowest BCUT2D eigenvalue weighted by Gasteiger charge is -2.13. The number of rotatable bonds is 4. The summed E-state index contributed by atoms with van der Waals surface area (Å²) in [5, 5.41) is 10.9. The Morgan fingerprint density at radius 1 is 1.12 bits per heavy atom. The lowest BCUT2D eigenvalue weighted by Crippen LogP contribution is -2.29. The van der Waals surface area contributed by atoms with Crippen molar-refractivity contribution in [3.8, 4) is 0 Å². The SMILES string of the molecule is CCOC(=O)c1ccc2c(c1)C(=O)N(c1cccc([N+](=O)[O-])c1)C2=O. The van der Waals surface area contributed by atoms with Crippen LogP contribution in [0.2, 0.25) is 0 Å². The van der Waals surface area contributed by atoms with Gasteiger partial charge in [0.05, 0.1) is 33.9 Å². The van der Waals surface area contributed by atoms with Gasteiger partial charge in [0.2, 0.25) is 0 Å². The first-order chi connectivity index (χ1) is 11.9. The standard InChI is InChI=1S/C17H12N2O6/c1-2-25-17(22)10-6-7-13-14(8-10)16(21)18(15(13)20)11-4-3-5-12(9-11)19(23)24/h3-9H,2H2,1H3. The predicted octanol–water partition coefficient (Wildman–Crippen LogP) is 2.57. The van der Waals surface area contributed by atoms with Gasteiger partial charge in [-0.25, -0.2) is 9.69 Å². The van der Waals surface area contributed by atoms with Crippen LogP contribution in [0.5, 0.6) is 0 Å². The fourth-order valence-electron chi connectivity index (χ4n) is 2.56. The van der Waals surface area contributed by atoms with E-state index in [2.05, 4.69) is 0 Å². The fourth-order valence-corrected chi connectivity index (χ4v) is 2.56. The van der Waals surface area contributed by atoms with E-state index in [0.717, 1.165) is 11.0 Å². The lowest BCUT2D eigenvalue weighted by molar-refractivity contribution is -0.384. The maximum Gasteiger partial charge on any atom is 0.338 e. The summed E-state index contributed by atoms with van der Waals surface area (Å²) in [6, 6.07) is 9.31. The van der Waals surface area contributed by atoms with E-state index in [-0.39, 0.29) is 34.7 Å². The van der Waals surface area contributed by atoms with E-state index in [1.54, 1.807) is 6.92 Å². The second kappa shape index (κ2) is 6.16. The van der Waals surface area contributed by atoms with Crippen LogP contribution in [-0.2, 0) is 4.74 Å². The van der Waals surface area contributed by atoms with Crippen molar-refractivity contribution in [3.63, 3.8) is 0 Å². The first-order valence-electron chi connectivity index (χ1n) is 7.38. The maximum absolute atomic E-state index is 12.6. The van der Waals surface area contributed by atoms with Gasteiger partial charge in [-0.15, -0.1) is 0 Å². The van der Waals surface area contributed by atoms with Gasteiger partial charge in [0, 0.05) is 12.1 Å². The number of hydrogen-bond donors (Lipinski definition) is 0. The first kappa shape index (κ1) is 16.3. The molecule has 0 fully saturated rings. The molecule has 2 amide bonds. The Hall–Kier alpha value is -3.55. The van der Waals surface area contributed by atoms with Gasteiger partial charge in [-0.2, -0.15) is 0 Å². The van der Waals surface area contributed by atoms with Crippen molar-refractivity contribution in [3.05, 3.63) is 69.3 Å². The number of carbonyl (C=O) groups excluding carboxylic acids is 3. The van der Waals surface area contributed by atoms with Crippen molar-refractivity contribution >= 4 is 29.2 Å². The number of anilines is 1. The fraction of sp³-hybridized carbons (Fsp3) is 0.118. The zero-order valence-corrected chi connectivity index (χ0v) is 13.1. The van der Waals surface area contributed by atoms with Gasteiger partial charge in [0.1, 0.15) is 0 Å². The molecule has 0 radical (unpaired) electrons. The molecule has 126 valence electrons. The number of carbonyl (C=O) groups is 3. The zero-order valence-electron chi connectivity index (χ0n) is 13.1. The number of non-ortho nitro benzene ring substituents is 1. The molecule has 0 N–H and O–H groups in total. The minimum atomic E-state index is -0.647. The smallest absolute Gasteiger partial charge is 0.338 e. The summed E-state index contributed by atoms with van der Waals surface area (Å²) in [7, 11) is 0. The van der Waals surface area contributed by atoms with Gasteiger partial charge in [-0.3, -0.25) is 19.7 Å². The summed E-state index contributed by atoms with van der Waals surface area (Å²) in [6.45, 7) is 1.84. The topological polar surface area (TPSA) is 107 Å². The molecule has 2 aromatic rings. The van der Waals surface area contributed by atoms with E-state index < -0.39 is 22.7 Å². The number of amides is 2. The molecule has 0 aromatic heterocycles. The Labute approximate surface area is 141 Å². The molecule has 0 unspecified atom stereocenters. The summed E-state index contributed by atoms with van der Waals surface area (Å²) in [5.74, 6) is -1.85. The van der Waals surface area contributed by atoms with Crippen molar-refractivity contribution in [1.29, 1.82) is 0 Å². The molecule has 0 saturated carbocycles. The van der Waals surface area contributed by atoms with Crippen molar-refractivity contribution in [2.45, 2.75) is 6.92 Å². The van der Waals surface area contributed by atoms with Crippen LogP contribution in [0.1, 0.15) is 38.0 Å². The van der Waals surface area contributed by atoms with E-state index in [0.29, 0.717) is 0 Å². The average Bonchev–Trinajstić information content (AvgIpc) is 2.85. The van der Waals surface area contributed by atoms with Gasteiger partial charge in [0.15, 0.2) is 0 Å². The lowest BCUT2D eigenvalue weighted by atomic mass is 10.1. The first-order valence-corrected chi connectivity index (χ1v) is 7.38. The number of esters is 1. The molecule has 0 aliphatic carbocycles. The van der Waals surface area contributed by atoms with Crippen molar-refractivity contribution in [2.24, 2.45) is 0 Å². The van der Waals surface area contributed by atoms with E-state index in [4.69, 9.17) is 4.74 Å². The van der Waals surface area contributed by atoms with Crippen molar-refractivity contribution < 1.29 is 24.0 Å². The van der Waals surface area contributed by atoms with Crippen LogP contribution in [0, 0.1) is 10.1 Å². The Morgan fingerprint density at radius 3 is 2.52 bits per heavy atom. The Kier molecular flexibility index (Phi) is 4.02. The van der Waals surface area contributed by atoms with Gasteiger partial charge in [-0.05, 0) is 31.2 Å². The monoisotopic (exact) mass is 340 g/mol. The molecule has 1 aliphatic heterocycles. The summed E-state index contributed by atoms with van der Waals surface area (Å²) in [4.78, 5) is 48.1. The summed E-state index contributed by atoms with van der Waals surface area (Å²) in [5.41, 5.74) is 0.202. The number of ether oxygens (including phenoxy) is 1. The molecule has 25 heavy (non-hydrogen) atoms. The largest absolute Gasteiger partial charge is 0.462 e. The number of nitro benzene ring substituents is 1. The number of fused-ring (bicyclic) bond motifs is 1. The number of nitrogens with zero attached hydrogens (tertiary/aromatic N) is 2. The number of hydrogen-bond acceptors (Lipinski definition) is 6. The highest BCUT2D eigenvalue weighted by Crippen LogP contribution is 2.31. The molecule has 8 nitrogen and oxygen atoms in total. The summed E-state index contributed by atoms with van der Waals surface area (Å²) >= 11 is 0. The highest BCUT2D eigenvalue weighted by molar-refractivity contribution is 6.34. The zero-order chi connectivity index (χ0) is 18.1. The van der Waals surface area contributed by atoms with Crippen LogP contribution < -0.4 is 4.90 Å². The predicted molar refractivity (Wildman–Crippen MR) is 86.6 cm³/mol. The van der Waals surface area contributed by atoms with Gasteiger partial charge < -0.3 is 4.74 Å². The molecule has 8 heteroatoms. The highest BCUT2D eigenvalue weighted by atomic mass is 16.6. The highest BCUT2D eigenvalue weighted by Gasteiger charge is 2.37. The third-order valence-electron chi connectivity index (χ3n) is 3.70. The van der Waals surface area contributed by atoms with Crippen LogP contribution in [0.4, 0.5) is 11.4 Å². The van der Waals surface area contributed by atoms with E-state index in [1.165, 1.54) is 36.4 Å². The van der Waals surface area contributed by atoms with E-state index >= 15 is 0 Å². The molecule has 3 rings (SSSR count). The van der Waals surface area contributed by atoms with Crippen LogP contribution in [0.15, 0.2) is 42.5 Å². The molecule has 0 bridgehead atoms. The number of benzene rings is 2. The third-order valence-corrected chi connectivity index (χ3v) is 3.70. The molecular weight excluding hydrogens is 328 g/mol. The van der Waals surface area contributed by atoms with E-state index in [9.17, 15) is 24.5 Å². The number of imide groups is 1. The summed E-state index contributed by atoms with van der Waals surface area (Å²) in [6.07, 6.45) is 0. The molecule has 1 aliphatic rings. The Bertz CT molecular complexity index is 921. The van der Waals surface area contributed by atoms with E-state index in [1.807, 2.05) is 0 Å². The molecule has 0 atom stereocenters. The molecule has 0 saturated heterocycles. The second-order valence-electron chi connectivity index (χ2n) is 5.20. The van der Waals surface area contributed by atoms with Crippen LogP contribution in [-0.4, -0.2) is 29.3 Å². The second-order valence-corrected chi connectivity index (χ2v) is 5.20. The minimum absolute atomic E-state index is 0.0575. The molecular formula is C17H12N2O6. The van der Waals surface area contributed by atoms with Gasteiger partial charge in [0.25, 0.3) is 17.5 Å². The van der Waals surface area contributed by atoms with Gasteiger partial charge in [-0.1, -0.05) is 6.07 Å². The van der Waals surface area contributed by atoms with Crippen molar-refractivity contribution in [1.82, 2.24) is 0 Å². The minimum Gasteiger partial charge on any atom is -0.462 e. The average molecular weight is 340 g/mol. The van der Waals surface area contributed by atoms with Crippen LogP contribution >= 0.6 is 0 Å². The van der Waals surface area contributed by atoms with Crippen LogP contribution in [0.3, 0.4) is 0 Å².